The monoisotopic (exact) mass is 372 g/mol. The van der Waals surface area contributed by atoms with Crippen molar-refractivity contribution in [1.29, 1.82) is 0 Å². The average Bonchev–Trinajstić information content (AvgIpc) is 3.03. The molecule has 1 aromatic heterocycles. The number of hydrogen-bond acceptors (Lipinski definition) is 4. The van der Waals surface area contributed by atoms with Gasteiger partial charge >= 0.3 is 6.18 Å². The maximum Gasteiger partial charge on any atom is 0.453 e. The fourth-order valence-electron chi connectivity index (χ4n) is 2.63. The molecule has 3 rings (SSSR count). The third-order valence-electron chi connectivity index (χ3n) is 3.82. The van der Waals surface area contributed by atoms with E-state index >= 15 is 0 Å². The molecule has 9 heteroatoms. The Hall–Kier alpha value is -2.09. The van der Waals surface area contributed by atoms with Crippen LogP contribution in [0.4, 0.5) is 13.2 Å². The zero-order valence-corrected chi connectivity index (χ0v) is 14.0. The minimum absolute atomic E-state index is 0.159. The van der Waals surface area contributed by atoms with Crippen LogP contribution in [0, 0.1) is 0 Å². The van der Waals surface area contributed by atoms with Gasteiger partial charge in [0.25, 0.3) is 5.82 Å². The second-order valence-electron chi connectivity index (χ2n) is 5.60. The molecule has 2 heterocycles. The molecule has 0 aliphatic carbocycles. The Morgan fingerprint density at radius 1 is 1.16 bits per heavy atom. The predicted molar refractivity (Wildman–Crippen MR) is 86.7 cm³/mol. The summed E-state index contributed by atoms with van der Waals surface area (Å²) in [6, 6.07) is 9.18. The molecule has 0 saturated carbocycles. The largest absolute Gasteiger partial charge is 0.480 e. The molecular weight excluding hydrogens is 357 g/mol. The number of aromatic nitrogens is 3. The molecule has 0 saturated heterocycles. The van der Waals surface area contributed by atoms with Crippen molar-refractivity contribution >= 4 is 17.5 Å². The lowest BCUT2D eigenvalue weighted by Crippen LogP contribution is -2.24. The fourth-order valence-corrected chi connectivity index (χ4v) is 2.82. The van der Waals surface area contributed by atoms with E-state index in [0.717, 1.165) is 16.7 Å². The first-order valence-electron chi connectivity index (χ1n) is 7.84. The summed E-state index contributed by atoms with van der Waals surface area (Å²) >= 11 is 5.62. The summed E-state index contributed by atoms with van der Waals surface area (Å²) in [4.78, 5) is 0. The van der Waals surface area contributed by atoms with E-state index in [1.807, 2.05) is 30.3 Å². The number of hydrogen-bond donors (Lipinski definition) is 0. The van der Waals surface area contributed by atoms with Crippen LogP contribution in [-0.4, -0.2) is 33.3 Å². The molecule has 0 bridgehead atoms. The van der Waals surface area contributed by atoms with Crippen molar-refractivity contribution in [2.45, 2.75) is 31.4 Å². The molecule has 0 amide bonds. The van der Waals surface area contributed by atoms with E-state index in [1.165, 1.54) is 0 Å². The van der Waals surface area contributed by atoms with Crippen molar-refractivity contribution in [1.82, 2.24) is 14.9 Å². The number of ether oxygens (including phenoxy) is 1. The molecule has 0 radical (unpaired) electrons. The van der Waals surface area contributed by atoms with Gasteiger partial charge in [-0.25, -0.2) is 0 Å². The first-order valence-corrected chi connectivity index (χ1v) is 8.38. The summed E-state index contributed by atoms with van der Waals surface area (Å²) in [6.07, 6.45) is -2.83. The van der Waals surface area contributed by atoms with Gasteiger partial charge in [-0.1, -0.05) is 30.3 Å². The summed E-state index contributed by atoms with van der Waals surface area (Å²) in [5, 5.41) is 11.0. The van der Waals surface area contributed by atoms with Crippen LogP contribution in [0.3, 0.4) is 0 Å². The smallest absolute Gasteiger partial charge is 0.453 e. The molecule has 0 fully saturated rings. The van der Waals surface area contributed by atoms with Crippen LogP contribution in [0.5, 0.6) is 0 Å². The molecule has 1 aliphatic heterocycles. The van der Waals surface area contributed by atoms with Gasteiger partial charge in [0.2, 0.25) is 5.90 Å². The van der Waals surface area contributed by atoms with E-state index in [4.69, 9.17) is 16.3 Å². The second-order valence-corrected chi connectivity index (χ2v) is 5.98. The lowest BCUT2D eigenvalue weighted by Gasteiger charge is -2.23. The first-order chi connectivity index (χ1) is 12.0. The SMILES string of the molecule is FC(F)(F)c1nnc2n1N=C(OCCCCCl)CC2c1ccccc1. The third-order valence-corrected chi connectivity index (χ3v) is 4.09. The summed E-state index contributed by atoms with van der Waals surface area (Å²) < 4.78 is 45.8. The summed E-state index contributed by atoms with van der Waals surface area (Å²) in [5.74, 6) is -0.640. The quantitative estimate of drug-likeness (QED) is 0.588. The highest BCUT2D eigenvalue weighted by Gasteiger charge is 2.41. The van der Waals surface area contributed by atoms with Gasteiger partial charge in [-0.2, -0.15) is 17.8 Å². The van der Waals surface area contributed by atoms with Gasteiger partial charge in [-0.05, 0) is 18.4 Å². The van der Waals surface area contributed by atoms with Gasteiger partial charge in [0.15, 0.2) is 5.82 Å². The van der Waals surface area contributed by atoms with E-state index < -0.39 is 17.9 Å². The maximum absolute atomic E-state index is 13.2. The maximum atomic E-state index is 13.2. The molecule has 25 heavy (non-hydrogen) atoms. The van der Waals surface area contributed by atoms with Crippen LogP contribution in [0.15, 0.2) is 35.4 Å². The van der Waals surface area contributed by atoms with Crippen LogP contribution in [0.25, 0.3) is 0 Å². The van der Waals surface area contributed by atoms with Gasteiger partial charge in [0.05, 0.1) is 12.5 Å². The van der Waals surface area contributed by atoms with Crippen LogP contribution < -0.4 is 0 Å². The molecule has 0 spiro atoms. The van der Waals surface area contributed by atoms with E-state index in [2.05, 4.69) is 15.3 Å². The highest BCUT2D eigenvalue weighted by molar-refractivity contribution is 6.17. The Labute approximate surface area is 147 Å². The van der Waals surface area contributed by atoms with Crippen LogP contribution >= 0.6 is 11.6 Å². The van der Waals surface area contributed by atoms with Gasteiger partial charge < -0.3 is 4.74 Å². The van der Waals surface area contributed by atoms with E-state index in [1.54, 1.807) is 0 Å². The van der Waals surface area contributed by atoms with Crippen molar-refractivity contribution in [2.24, 2.45) is 5.10 Å². The number of alkyl halides is 4. The minimum atomic E-state index is -4.64. The van der Waals surface area contributed by atoms with Gasteiger partial charge in [0.1, 0.15) is 0 Å². The Morgan fingerprint density at radius 3 is 2.60 bits per heavy atom. The lowest BCUT2D eigenvalue weighted by molar-refractivity contribution is -0.147. The molecule has 1 aromatic carbocycles. The van der Waals surface area contributed by atoms with Crippen LogP contribution in [0.2, 0.25) is 0 Å². The van der Waals surface area contributed by atoms with Crippen molar-refractivity contribution in [2.75, 3.05) is 12.5 Å². The zero-order chi connectivity index (χ0) is 17.9. The fraction of sp³-hybridized carbons (Fsp3) is 0.438. The Bertz CT molecular complexity index is 746. The van der Waals surface area contributed by atoms with Crippen molar-refractivity contribution in [3.05, 3.63) is 47.5 Å². The highest BCUT2D eigenvalue weighted by Crippen LogP contribution is 2.35. The molecule has 1 atom stereocenters. The molecule has 134 valence electrons. The van der Waals surface area contributed by atoms with Gasteiger partial charge in [-0.15, -0.1) is 26.9 Å². The number of nitrogens with zero attached hydrogens (tertiary/aromatic N) is 4. The highest BCUT2D eigenvalue weighted by atomic mass is 35.5. The number of benzene rings is 1. The van der Waals surface area contributed by atoms with Gasteiger partial charge in [0, 0.05) is 12.3 Å². The summed E-state index contributed by atoms with van der Waals surface area (Å²) in [5.41, 5.74) is 0.835. The van der Waals surface area contributed by atoms with Crippen LogP contribution in [0.1, 0.15) is 42.4 Å². The first kappa shape index (κ1) is 17.7. The lowest BCUT2D eigenvalue weighted by atomic mass is 9.94. The number of halogens is 4. The molecular formula is C16H16ClF3N4O. The standard InChI is InChI=1S/C16H16ClF3N4O/c17-8-4-5-9-25-13-10-12(11-6-2-1-3-7-11)14-21-22-15(16(18,19)20)24(14)23-13/h1-3,6-7,12H,4-5,8-10H2. The minimum Gasteiger partial charge on any atom is -0.480 e. The predicted octanol–water partition coefficient (Wildman–Crippen LogP) is 4.03. The van der Waals surface area contributed by atoms with E-state index in [9.17, 15) is 13.2 Å². The van der Waals surface area contributed by atoms with Crippen molar-refractivity contribution in [3.63, 3.8) is 0 Å². The van der Waals surface area contributed by atoms with Crippen LogP contribution in [-0.2, 0) is 10.9 Å². The molecule has 1 aliphatic rings. The molecule has 0 N–H and O–H groups in total. The second kappa shape index (κ2) is 7.43. The van der Waals surface area contributed by atoms with Crippen molar-refractivity contribution in [3.8, 4) is 0 Å². The average molecular weight is 373 g/mol. The number of rotatable bonds is 5. The summed E-state index contributed by atoms with van der Waals surface area (Å²) in [6.45, 7) is 0.353. The Kier molecular flexibility index (Phi) is 5.27. The normalized spacial score (nSPS) is 17.1. The summed E-state index contributed by atoms with van der Waals surface area (Å²) in [7, 11) is 0. The number of unbranched alkanes of at least 4 members (excludes halogenated alkanes) is 1. The van der Waals surface area contributed by atoms with Crippen molar-refractivity contribution < 1.29 is 17.9 Å². The Morgan fingerprint density at radius 2 is 1.92 bits per heavy atom. The van der Waals surface area contributed by atoms with E-state index in [0.29, 0.717) is 25.3 Å². The molecule has 5 nitrogen and oxygen atoms in total. The number of fused-ring (bicyclic) bond motifs is 1. The Balaban J connectivity index is 1.94. The topological polar surface area (TPSA) is 52.3 Å². The molecule has 2 aromatic rings. The third kappa shape index (κ3) is 3.95. The zero-order valence-electron chi connectivity index (χ0n) is 13.2. The molecule has 1 unspecified atom stereocenters. The van der Waals surface area contributed by atoms with E-state index in [-0.39, 0.29) is 11.7 Å². The van der Waals surface area contributed by atoms with Gasteiger partial charge in [-0.3, -0.25) is 0 Å².